The van der Waals surface area contributed by atoms with Crippen LogP contribution in [-0.4, -0.2) is 32.2 Å². The monoisotopic (exact) mass is 331 g/mol. The minimum Gasteiger partial charge on any atom is -0.469 e. The van der Waals surface area contributed by atoms with Crippen LogP contribution in [0.1, 0.15) is 23.0 Å². The number of carbonyl (C=O) groups excluding carboxylic acids is 1. The summed E-state index contributed by atoms with van der Waals surface area (Å²) in [4.78, 5) is 12.6. The number of hydrogen-bond acceptors (Lipinski definition) is 5. The fraction of sp³-hybridized carbons (Fsp3) is 0.200. The van der Waals surface area contributed by atoms with Gasteiger partial charge in [0, 0.05) is 17.5 Å². The van der Waals surface area contributed by atoms with Gasteiger partial charge >= 0.3 is 0 Å². The third-order valence-corrected chi connectivity index (χ3v) is 3.50. The molecule has 3 rings (SSSR count). The first-order valence-corrected chi connectivity index (χ1v) is 7.37. The summed E-state index contributed by atoms with van der Waals surface area (Å²) in [5.41, 5.74) is 0.957. The van der Waals surface area contributed by atoms with Crippen molar-refractivity contribution in [1.29, 1.82) is 0 Å². The predicted molar refractivity (Wildman–Crippen MR) is 83.5 cm³/mol. The standard InChI is InChI=1S/C15H14ClN5O2/c1-10(7-12-3-2-6-23-12)18-15(22)13-8-11(16)4-5-14(13)21-9-17-19-20-21/h2-6,8-10H,7H2,1H3,(H,18,22)/t10-/m0/s1. The molecule has 0 spiro atoms. The van der Waals surface area contributed by atoms with Gasteiger partial charge in [0.2, 0.25) is 0 Å². The van der Waals surface area contributed by atoms with E-state index in [2.05, 4.69) is 20.8 Å². The molecule has 23 heavy (non-hydrogen) atoms. The minimum atomic E-state index is -0.253. The predicted octanol–water partition coefficient (Wildman–Crippen LogP) is 2.27. The van der Waals surface area contributed by atoms with Crippen molar-refractivity contribution in [2.75, 3.05) is 0 Å². The van der Waals surface area contributed by atoms with E-state index < -0.39 is 0 Å². The Hall–Kier alpha value is -2.67. The van der Waals surface area contributed by atoms with E-state index >= 15 is 0 Å². The van der Waals surface area contributed by atoms with Crippen molar-refractivity contribution in [2.24, 2.45) is 0 Å². The summed E-state index contributed by atoms with van der Waals surface area (Å²) in [7, 11) is 0. The Morgan fingerprint density at radius 2 is 2.30 bits per heavy atom. The van der Waals surface area contributed by atoms with Crippen LogP contribution in [0.4, 0.5) is 0 Å². The number of hydrogen-bond donors (Lipinski definition) is 1. The molecule has 1 aromatic carbocycles. The second kappa shape index (κ2) is 6.62. The maximum atomic E-state index is 12.6. The highest BCUT2D eigenvalue weighted by Crippen LogP contribution is 2.19. The Morgan fingerprint density at radius 1 is 1.43 bits per heavy atom. The van der Waals surface area contributed by atoms with Crippen molar-refractivity contribution in [2.45, 2.75) is 19.4 Å². The van der Waals surface area contributed by atoms with Gasteiger partial charge in [0.1, 0.15) is 12.1 Å². The molecule has 0 saturated heterocycles. The van der Waals surface area contributed by atoms with Crippen molar-refractivity contribution in [3.05, 3.63) is 59.3 Å². The number of aromatic nitrogens is 4. The average molecular weight is 332 g/mol. The lowest BCUT2D eigenvalue weighted by Gasteiger charge is -2.14. The van der Waals surface area contributed by atoms with Gasteiger partial charge in [-0.1, -0.05) is 11.6 Å². The third kappa shape index (κ3) is 3.57. The number of halogens is 1. The number of nitrogens with zero attached hydrogens (tertiary/aromatic N) is 4. The molecular weight excluding hydrogens is 318 g/mol. The van der Waals surface area contributed by atoms with Gasteiger partial charge < -0.3 is 9.73 Å². The fourth-order valence-corrected chi connectivity index (χ4v) is 2.42. The fourth-order valence-electron chi connectivity index (χ4n) is 2.24. The molecule has 0 aliphatic carbocycles. The highest BCUT2D eigenvalue weighted by molar-refractivity contribution is 6.31. The molecule has 1 amide bonds. The van der Waals surface area contributed by atoms with E-state index in [1.54, 1.807) is 24.5 Å². The number of furan rings is 1. The summed E-state index contributed by atoms with van der Waals surface area (Å²) in [5.74, 6) is 0.557. The summed E-state index contributed by atoms with van der Waals surface area (Å²) < 4.78 is 6.71. The van der Waals surface area contributed by atoms with Gasteiger partial charge in [-0.15, -0.1) is 5.10 Å². The van der Waals surface area contributed by atoms with E-state index in [1.807, 2.05) is 19.1 Å². The smallest absolute Gasteiger partial charge is 0.253 e. The quantitative estimate of drug-likeness (QED) is 0.775. The van der Waals surface area contributed by atoms with Crippen LogP contribution in [0.15, 0.2) is 47.3 Å². The molecule has 1 N–H and O–H groups in total. The average Bonchev–Trinajstić information content (AvgIpc) is 3.20. The summed E-state index contributed by atoms with van der Waals surface area (Å²) in [6.07, 6.45) is 3.63. The van der Waals surface area contributed by atoms with Crippen LogP contribution in [0.3, 0.4) is 0 Å². The van der Waals surface area contributed by atoms with Crippen LogP contribution in [0.25, 0.3) is 5.69 Å². The molecule has 1 atom stereocenters. The molecule has 0 bridgehead atoms. The van der Waals surface area contributed by atoms with Crippen LogP contribution < -0.4 is 5.32 Å². The van der Waals surface area contributed by atoms with E-state index in [-0.39, 0.29) is 11.9 Å². The normalized spacial score (nSPS) is 12.1. The maximum absolute atomic E-state index is 12.6. The number of rotatable bonds is 5. The van der Waals surface area contributed by atoms with Gasteiger partial charge in [-0.25, -0.2) is 0 Å². The van der Waals surface area contributed by atoms with Gasteiger partial charge in [-0.3, -0.25) is 4.79 Å². The highest BCUT2D eigenvalue weighted by atomic mass is 35.5. The molecular formula is C15H14ClN5O2. The Kier molecular flexibility index (Phi) is 4.38. The lowest BCUT2D eigenvalue weighted by molar-refractivity contribution is 0.0939. The first-order valence-electron chi connectivity index (χ1n) is 6.99. The molecule has 118 valence electrons. The van der Waals surface area contributed by atoms with Gasteiger partial charge in [0.15, 0.2) is 0 Å². The zero-order valence-electron chi connectivity index (χ0n) is 12.3. The SMILES string of the molecule is C[C@@H](Cc1ccco1)NC(=O)c1cc(Cl)ccc1-n1cnnn1. The van der Waals surface area contributed by atoms with E-state index in [9.17, 15) is 4.79 Å². The molecule has 0 unspecified atom stereocenters. The van der Waals surface area contributed by atoms with E-state index in [4.69, 9.17) is 16.0 Å². The maximum Gasteiger partial charge on any atom is 0.253 e. The molecule has 0 fully saturated rings. The second-order valence-corrected chi connectivity index (χ2v) is 5.51. The number of benzene rings is 1. The highest BCUT2D eigenvalue weighted by Gasteiger charge is 2.17. The van der Waals surface area contributed by atoms with Crippen molar-refractivity contribution in [3.63, 3.8) is 0 Å². The van der Waals surface area contributed by atoms with Gasteiger partial charge in [0.25, 0.3) is 5.91 Å². The van der Waals surface area contributed by atoms with Crippen molar-refractivity contribution in [3.8, 4) is 5.69 Å². The van der Waals surface area contributed by atoms with Crippen LogP contribution in [0, 0.1) is 0 Å². The van der Waals surface area contributed by atoms with Crippen LogP contribution in [-0.2, 0) is 6.42 Å². The second-order valence-electron chi connectivity index (χ2n) is 5.07. The van der Waals surface area contributed by atoms with E-state index in [0.29, 0.717) is 22.7 Å². The Bertz CT molecular complexity index is 786. The van der Waals surface area contributed by atoms with Crippen LogP contribution >= 0.6 is 11.6 Å². The number of tetrazole rings is 1. The molecule has 0 aliphatic rings. The lowest BCUT2D eigenvalue weighted by Crippen LogP contribution is -2.34. The van der Waals surface area contributed by atoms with Crippen molar-refractivity contribution < 1.29 is 9.21 Å². The molecule has 0 saturated carbocycles. The van der Waals surface area contributed by atoms with Gasteiger partial charge in [0.05, 0.1) is 17.5 Å². The van der Waals surface area contributed by atoms with Crippen molar-refractivity contribution >= 4 is 17.5 Å². The van der Waals surface area contributed by atoms with Crippen LogP contribution in [0.5, 0.6) is 0 Å². The Morgan fingerprint density at radius 3 is 3.00 bits per heavy atom. The minimum absolute atomic E-state index is 0.102. The summed E-state index contributed by atoms with van der Waals surface area (Å²) in [6, 6.07) is 8.56. The van der Waals surface area contributed by atoms with E-state index in [1.165, 1.54) is 11.0 Å². The molecule has 8 heteroatoms. The zero-order chi connectivity index (χ0) is 16.2. The van der Waals surface area contributed by atoms with Crippen LogP contribution in [0.2, 0.25) is 5.02 Å². The molecule has 2 heterocycles. The summed E-state index contributed by atoms with van der Waals surface area (Å²) in [5, 5.41) is 14.4. The van der Waals surface area contributed by atoms with Crippen molar-refractivity contribution in [1.82, 2.24) is 25.5 Å². The number of amides is 1. The van der Waals surface area contributed by atoms with Gasteiger partial charge in [-0.05, 0) is 47.7 Å². The topological polar surface area (TPSA) is 85.8 Å². The summed E-state index contributed by atoms with van der Waals surface area (Å²) >= 11 is 6.02. The Labute approximate surface area is 137 Å². The lowest BCUT2D eigenvalue weighted by atomic mass is 10.1. The number of carbonyl (C=O) groups is 1. The zero-order valence-corrected chi connectivity index (χ0v) is 13.1. The molecule has 2 aromatic heterocycles. The molecule has 3 aromatic rings. The third-order valence-electron chi connectivity index (χ3n) is 3.26. The molecule has 7 nitrogen and oxygen atoms in total. The largest absolute Gasteiger partial charge is 0.469 e. The van der Waals surface area contributed by atoms with Gasteiger partial charge in [-0.2, -0.15) is 4.68 Å². The Balaban J connectivity index is 1.80. The first-order chi connectivity index (χ1) is 11.1. The summed E-state index contributed by atoms with van der Waals surface area (Å²) in [6.45, 7) is 1.90. The number of nitrogens with one attached hydrogen (secondary N) is 1. The van der Waals surface area contributed by atoms with E-state index in [0.717, 1.165) is 5.76 Å². The molecule has 0 radical (unpaired) electrons. The first kappa shape index (κ1) is 15.2. The molecule has 0 aliphatic heterocycles.